The van der Waals surface area contributed by atoms with Crippen LogP contribution in [0.4, 0.5) is 11.4 Å². The maximum Gasteiger partial charge on any atom is 0.0906 e. The maximum absolute atomic E-state index is 5.13. The van der Waals surface area contributed by atoms with Crippen molar-refractivity contribution in [1.82, 2.24) is 10.2 Å². The SMILES string of the molecule is CN1C/C(=C2\Nc3ccccc3C2=NCCN2CCNCC2)c2cc(Br)c(Br)c(Br)c21. The molecule has 162 valence electrons. The van der Waals surface area contributed by atoms with Gasteiger partial charge >= 0.3 is 0 Å². The second kappa shape index (κ2) is 8.98. The molecule has 0 aliphatic carbocycles. The van der Waals surface area contributed by atoms with Gasteiger partial charge in [-0.15, -0.1) is 0 Å². The van der Waals surface area contributed by atoms with Gasteiger partial charge in [0.05, 0.1) is 28.1 Å². The average molecular weight is 610 g/mol. The highest BCUT2D eigenvalue weighted by Crippen LogP contribution is 2.48. The third kappa shape index (κ3) is 4.02. The van der Waals surface area contributed by atoms with Gasteiger partial charge in [-0.25, -0.2) is 0 Å². The minimum Gasteiger partial charge on any atom is -0.369 e. The Hall–Kier alpha value is -1.19. The first-order valence-corrected chi connectivity index (χ1v) is 12.9. The molecule has 3 aliphatic heterocycles. The fraction of sp³-hybridized carbons (Fsp3) is 0.348. The molecule has 1 fully saturated rings. The zero-order chi connectivity index (χ0) is 21.5. The second-order valence-corrected chi connectivity index (χ2v) is 10.5. The summed E-state index contributed by atoms with van der Waals surface area (Å²) in [5.41, 5.74) is 8.26. The summed E-state index contributed by atoms with van der Waals surface area (Å²) in [5, 5.41) is 7.11. The van der Waals surface area contributed by atoms with Crippen LogP contribution >= 0.6 is 47.8 Å². The molecule has 1 saturated heterocycles. The number of benzene rings is 2. The predicted molar refractivity (Wildman–Crippen MR) is 141 cm³/mol. The van der Waals surface area contributed by atoms with E-state index >= 15 is 0 Å². The van der Waals surface area contributed by atoms with E-state index in [0.717, 1.165) is 76.3 Å². The Bertz CT molecular complexity index is 1090. The van der Waals surface area contributed by atoms with E-state index in [1.807, 2.05) is 0 Å². The lowest BCUT2D eigenvalue weighted by molar-refractivity contribution is 0.247. The molecule has 0 amide bonds. The minimum absolute atomic E-state index is 0.804. The van der Waals surface area contributed by atoms with Gasteiger partial charge < -0.3 is 15.5 Å². The summed E-state index contributed by atoms with van der Waals surface area (Å²) in [6.45, 7) is 6.97. The van der Waals surface area contributed by atoms with Crippen molar-refractivity contribution in [3.05, 3.63) is 60.6 Å². The minimum atomic E-state index is 0.804. The van der Waals surface area contributed by atoms with E-state index in [1.54, 1.807) is 0 Å². The van der Waals surface area contributed by atoms with Crippen LogP contribution in [0.1, 0.15) is 11.1 Å². The number of likely N-dealkylation sites (N-methyl/N-ethyl adjacent to an activating group) is 1. The van der Waals surface area contributed by atoms with Crippen LogP contribution in [-0.2, 0) is 0 Å². The van der Waals surface area contributed by atoms with Gasteiger partial charge in [0.1, 0.15) is 0 Å². The molecule has 5 nitrogen and oxygen atoms in total. The van der Waals surface area contributed by atoms with Crippen LogP contribution in [0.25, 0.3) is 5.57 Å². The van der Waals surface area contributed by atoms with Gasteiger partial charge in [-0.05, 0) is 59.9 Å². The third-order valence-corrected chi connectivity index (χ3v) is 9.40. The smallest absolute Gasteiger partial charge is 0.0906 e. The number of nitrogens with one attached hydrogen (secondary N) is 2. The largest absolute Gasteiger partial charge is 0.369 e. The molecule has 0 spiro atoms. The normalized spacial score (nSPS) is 22.1. The van der Waals surface area contributed by atoms with E-state index in [9.17, 15) is 0 Å². The van der Waals surface area contributed by atoms with Crippen molar-refractivity contribution in [2.45, 2.75) is 0 Å². The van der Waals surface area contributed by atoms with Crippen molar-refractivity contribution in [3.8, 4) is 0 Å². The molecule has 0 aromatic heterocycles. The predicted octanol–water partition coefficient (Wildman–Crippen LogP) is 4.96. The molecule has 0 saturated carbocycles. The number of aliphatic imine (C=N–C) groups is 1. The number of para-hydroxylation sites is 1. The van der Waals surface area contributed by atoms with Crippen LogP contribution in [0, 0.1) is 0 Å². The lowest BCUT2D eigenvalue weighted by Crippen LogP contribution is -2.44. The van der Waals surface area contributed by atoms with Crippen molar-refractivity contribution in [2.24, 2.45) is 4.99 Å². The molecule has 0 bridgehead atoms. The molecule has 2 N–H and O–H groups in total. The average Bonchev–Trinajstić information content (AvgIpc) is 3.30. The van der Waals surface area contributed by atoms with Gasteiger partial charge in [-0.1, -0.05) is 18.2 Å². The van der Waals surface area contributed by atoms with Crippen LogP contribution in [-0.4, -0.2) is 63.5 Å². The quantitative estimate of drug-likeness (QED) is 0.483. The first kappa shape index (κ1) is 21.6. The van der Waals surface area contributed by atoms with Gasteiger partial charge in [0.25, 0.3) is 0 Å². The summed E-state index contributed by atoms with van der Waals surface area (Å²) in [6, 6.07) is 10.7. The summed E-state index contributed by atoms with van der Waals surface area (Å²) in [4.78, 5) is 9.91. The first-order chi connectivity index (χ1) is 15.0. The Morgan fingerprint density at radius 1 is 1.03 bits per heavy atom. The second-order valence-electron chi connectivity index (χ2n) is 8.08. The van der Waals surface area contributed by atoms with E-state index in [0.29, 0.717) is 0 Å². The van der Waals surface area contributed by atoms with Gasteiger partial charge in [0.15, 0.2) is 0 Å². The Labute approximate surface area is 208 Å². The molecule has 0 unspecified atom stereocenters. The number of allylic oxidation sites excluding steroid dienone is 1. The van der Waals surface area contributed by atoms with E-state index in [1.165, 1.54) is 22.4 Å². The van der Waals surface area contributed by atoms with Gasteiger partial charge in [-0.2, -0.15) is 0 Å². The van der Waals surface area contributed by atoms with Crippen molar-refractivity contribution >= 4 is 70.4 Å². The number of fused-ring (bicyclic) bond motifs is 2. The van der Waals surface area contributed by atoms with Crippen molar-refractivity contribution in [1.29, 1.82) is 0 Å². The van der Waals surface area contributed by atoms with E-state index in [4.69, 9.17) is 4.99 Å². The molecular formula is C23H24Br3N5. The van der Waals surface area contributed by atoms with Gasteiger partial charge in [0.2, 0.25) is 0 Å². The molecule has 2 aromatic rings. The molecule has 8 heteroatoms. The molecule has 31 heavy (non-hydrogen) atoms. The molecular weight excluding hydrogens is 586 g/mol. The summed E-state index contributed by atoms with van der Waals surface area (Å²) < 4.78 is 3.15. The number of rotatable bonds is 3. The Morgan fingerprint density at radius 3 is 2.61 bits per heavy atom. The molecule has 0 radical (unpaired) electrons. The Morgan fingerprint density at radius 2 is 1.81 bits per heavy atom. The summed E-state index contributed by atoms with van der Waals surface area (Å²) in [7, 11) is 2.14. The fourth-order valence-electron chi connectivity index (χ4n) is 4.55. The van der Waals surface area contributed by atoms with Crippen molar-refractivity contribution in [3.63, 3.8) is 0 Å². The van der Waals surface area contributed by atoms with Crippen LogP contribution < -0.4 is 15.5 Å². The molecule has 3 heterocycles. The number of nitrogens with zero attached hydrogens (tertiary/aromatic N) is 3. The summed E-state index contributed by atoms with van der Waals surface area (Å²) in [6.07, 6.45) is 0. The molecule has 3 aliphatic rings. The van der Waals surface area contributed by atoms with E-state index < -0.39 is 0 Å². The number of hydrogen-bond acceptors (Lipinski definition) is 5. The number of hydrogen-bond donors (Lipinski definition) is 2. The van der Waals surface area contributed by atoms with Crippen molar-refractivity contribution < 1.29 is 0 Å². The van der Waals surface area contributed by atoms with E-state index in [-0.39, 0.29) is 0 Å². The van der Waals surface area contributed by atoms with Crippen LogP contribution in [0.5, 0.6) is 0 Å². The van der Waals surface area contributed by atoms with Crippen LogP contribution in [0.15, 0.2) is 54.4 Å². The molecule has 5 rings (SSSR count). The lowest BCUT2D eigenvalue weighted by atomic mass is 10.0. The van der Waals surface area contributed by atoms with Gasteiger partial charge in [0, 0.05) is 77.6 Å². The van der Waals surface area contributed by atoms with Crippen LogP contribution in [0.3, 0.4) is 0 Å². The topological polar surface area (TPSA) is 42.9 Å². The third-order valence-electron chi connectivity index (χ3n) is 6.11. The first-order valence-electron chi connectivity index (χ1n) is 10.5. The van der Waals surface area contributed by atoms with Crippen LogP contribution in [0.2, 0.25) is 0 Å². The summed E-state index contributed by atoms with van der Waals surface area (Å²) >= 11 is 11.2. The number of halogens is 3. The van der Waals surface area contributed by atoms with Gasteiger partial charge in [-0.3, -0.25) is 9.89 Å². The standard InChI is InChI=1S/C23H24Br3N5/c1-30-13-16(15-12-17(24)19(25)20(26)23(15)30)22-21(14-4-2-3-5-18(14)29-22)28-8-11-31-9-6-27-7-10-31/h2-5,12,27,29H,6-11,13H2,1H3/b22-16+,28-21?. The molecule has 2 aromatic carbocycles. The highest BCUT2D eigenvalue weighted by atomic mass is 79.9. The molecule has 0 atom stereocenters. The Balaban J connectivity index is 1.55. The monoisotopic (exact) mass is 607 g/mol. The van der Waals surface area contributed by atoms with E-state index in [2.05, 4.69) is 106 Å². The zero-order valence-electron chi connectivity index (χ0n) is 17.3. The maximum atomic E-state index is 5.13. The number of piperazine rings is 1. The van der Waals surface area contributed by atoms with Crippen molar-refractivity contribution in [2.75, 3.05) is 63.1 Å². The zero-order valence-corrected chi connectivity index (χ0v) is 22.1. The highest BCUT2D eigenvalue weighted by Gasteiger charge is 2.33. The summed E-state index contributed by atoms with van der Waals surface area (Å²) in [5.74, 6) is 0. The highest BCUT2D eigenvalue weighted by molar-refractivity contribution is 9.14. The Kier molecular flexibility index (Phi) is 6.27. The lowest BCUT2D eigenvalue weighted by Gasteiger charge is -2.26. The number of anilines is 2. The fourth-order valence-corrected chi connectivity index (χ4v) is 6.28.